The van der Waals surface area contributed by atoms with Gasteiger partial charge in [0.15, 0.2) is 0 Å². The van der Waals surface area contributed by atoms with E-state index in [2.05, 4.69) is 50.4 Å². The third kappa shape index (κ3) is 3.60. The number of hydrogen-bond acceptors (Lipinski definition) is 3. The molecular formula is C18H26N2O. The summed E-state index contributed by atoms with van der Waals surface area (Å²) in [5.41, 5.74) is 1.99. The minimum absolute atomic E-state index is 0.177. The molecule has 0 aliphatic rings. The van der Waals surface area contributed by atoms with Crippen LogP contribution in [0.1, 0.15) is 32.9 Å². The van der Waals surface area contributed by atoms with Gasteiger partial charge in [0.1, 0.15) is 0 Å². The van der Waals surface area contributed by atoms with Crippen molar-refractivity contribution in [2.24, 2.45) is 0 Å². The summed E-state index contributed by atoms with van der Waals surface area (Å²) in [6.07, 6.45) is 1.84. The molecule has 21 heavy (non-hydrogen) atoms. The summed E-state index contributed by atoms with van der Waals surface area (Å²) in [5.74, 6) is 0. The molecule has 0 fully saturated rings. The zero-order chi connectivity index (χ0) is 15.3. The van der Waals surface area contributed by atoms with Gasteiger partial charge in [-0.15, -0.1) is 0 Å². The molecule has 0 aliphatic carbocycles. The first-order chi connectivity index (χ1) is 10.1. The lowest BCUT2D eigenvalue weighted by Gasteiger charge is -2.36. The molecule has 1 N–H and O–H groups in total. The topological polar surface area (TPSA) is 34.2 Å². The standard InChI is InChI=1S/C18H26N2O/c1-5-18(3,21-4)17(19-6-2)13-15-12-11-14-9-7-8-10-16(14)20-15/h7-12,17,19H,5-6,13H2,1-4H3. The minimum atomic E-state index is -0.177. The van der Waals surface area contributed by atoms with Gasteiger partial charge in [-0.05, 0) is 32.0 Å². The number of para-hydroxylation sites is 1. The highest BCUT2D eigenvalue weighted by Gasteiger charge is 2.32. The number of aromatic nitrogens is 1. The molecule has 1 aromatic heterocycles. The lowest BCUT2D eigenvalue weighted by Crippen LogP contribution is -2.51. The first-order valence-corrected chi connectivity index (χ1v) is 7.76. The maximum absolute atomic E-state index is 5.77. The van der Waals surface area contributed by atoms with Crippen molar-refractivity contribution in [2.45, 2.75) is 45.3 Å². The number of pyridine rings is 1. The van der Waals surface area contributed by atoms with Crippen LogP contribution in [-0.4, -0.2) is 30.3 Å². The number of ether oxygens (including phenoxy) is 1. The van der Waals surface area contributed by atoms with Gasteiger partial charge in [-0.2, -0.15) is 0 Å². The highest BCUT2D eigenvalue weighted by Crippen LogP contribution is 2.23. The summed E-state index contributed by atoms with van der Waals surface area (Å²) in [5, 5.41) is 4.74. The fourth-order valence-corrected chi connectivity index (χ4v) is 2.71. The molecule has 2 rings (SSSR count). The second kappa shape index (κ2) is 7.01. The zero-order valence-corrected chi connectivity index (χ0v) is 13.5. The van der Waals surface area contributed by atoms with Crippen molar-refractivity contribution >= 4 is 10.9 Å². The van der Waals surface area contributed by atoms with Crippen LogP contribution in [0.2, 0.25) is 0 Å². The van der Waals surface area contributed by atoms with E-state index >= 15 is 0 Å². The fraction of sp³-hybridized carbons (Fsp3) is 0.500. The molecule has 2 aromatic rings. The molecule has 114 valence electrons. The summed E-state index contributed by atoms with van der Waals surface area (Å²) in [4.78, 5) is 4.78. The number of nitrogens with one attached hydrogen (secondary N) is 1. The zero-order valence-electron chi connectivity index (χ0n) is 13.5. The van der Waals surface area contributed by atoms with E-state index < -0.39 is 0 Å². The third-order valence-electron chi connectivity index (χ3n) is 4.43. The maximum Gasteiger partial charge on any atom is 0.0804 e. The normalized spacial score (nSPS) is 15.8. The van der Waals surface area contributed by atoms with Gasteiger partial charge in [-0.3, -0.25) is 4.98 Å². The molecule has 2 unspecified atom stereocenters. The van der Waals surface area contributed by atoms with Crippen LogP contribution in [0.3, 0.4) is 0 Å². The Bertz CT molecular complexity index is 578. The summed E-state index contributed by atoms with van der Waals surface area (Å²) in [6, 6.07) is 12.8. The Morgan fingerprint density at radius 1 is 1.19 bits per heavy atom. The molecule has 0 amide bonds. The van der Waals surface area contributed by atoms with Crippen LogP contribution in [0.4, 0.5) is 0 Å². The molecule has 0 saturated heterocycles. The molecule has 3 nitrogen and oxygen atoms in total. The molecule has 0 aliphatic heterocycles. The molecule has 2 atom stereocenters. The van der Waals surface area contributed by atoms with Gasteiger partial charge in [0, 0.05) is 30.7 Å². The van der Waals surface area contributed by atoms with Crippen molar-refractivity contribution in [2.75, 3.05) is 13.7 Å². The van der Waals surface area contributed by atoms with E-state index in [1.165, 1.54) is 5.39 Å². The number of benzene rings is 1. The van der Waals surface area contributed by atoms with Gasteiger partial charge in [-0.1, -0.05) is 38.1 Å². The number of likely N-dealkylation sites (N-methyl/N-ethyl adjacent to an activating group) is 1. The van der Waals surface area contributed by atoms with E-state index in [-0.39, 0.29) is 11.6 Å². The Kier molecular flexibility index (Phi) is 5.32. The van der Waals surface area contributed by atoms with E-state index in [1.807, 2.05) is 12.1 Å². The SMILES string of the molecule is CCNC(Cc1ccc2ccccc2n1)C(C)(CC)OC. The van der Waals surface area contributed by atoms with Crippen LogP contribution in [0.15, 0.2) is 36.4 Å². The first kappa shape index (κ1) is 15.9. The van der Waals surface area contributed by atoms with Gasteiger partial charge in [0.25, 0.3) is 0 Å². The molecule has 1 heterocycles. The van der Waals surface area contributed by atoms with Crippen molar-refractivity contribution in [3.05, 3.63) is 42.1 Å². The van der Waals surface area contributed by atoms with Crippen molar-refractivity contribution in [1.82, 2.24) is 10.3 Å². The Hall–Kier alpha value is -1.45. The Labute approximate surface area is 127 Å². The van der Waals surface area contributed by atoms with Gasteiger partial charge in [0.05, 0.1) is 11.1 Å². The summed E-state index contributed by atoms with van der Waals surface area (Å²) >= 11 is 0. The van der Waals surface area contributed by atoms with Gasteiger partial charge in [0.2, 0.25) is 0 Å². The number of methoxy groups -OCH3 is 1. The van der Waals surface area contributed by atoms with Crippen LogP contribution in [-0.2, 0) is 11.2 Å². The van der Waals surface area contributed by atoms with Crippen molar-refractivity contribution in [3.8, 4) is 0 Å². The summed E-state index contributed by atoms with van der Waals surface area (Å²) in [7, 11) is 1.79. The molecule has 0 spiro atoms. The highest BCUT2D eigenvalue weighted by molar-refractivity contribution is 5.78. The van der Waals surface area contributed by atoms with Crippen LogP contribution in [0.25, 0.3) is 10.9 Å². The number of hydrogen-bond donors (Lipinski definition) is 1. The predicted octanol–water partition coefficient (Wildman–Crippen LogP) is 3.57. The molecule has 3 heteroatoms. The van der Waals surface area contributed by atoms with E-state index in [4.69, 9.17) is 9.72 Å². The smallest absolute Gasteiger partial charge is 0.0804 e. The second-order valence-corrected chi connectivity index (χ2v) is 5.68. The third-order valence-corrected chi connectivity index (χ3v) is 4.43. The van der Waals surface area contributed by atoms with Crippen molar-refractivity contribution in [1.29, 1.82) is 0 Å². The van der Waals surface area contributed by atoms with E-state index in [9.17, 15) is 0 Å². The Morgan fingerprint density at radius 3 is 2.62 bits per heavy atom. The van der Waals surface area contributed by atoms with E-state index in [1.54, 1.807) is 7.11 Å². The van der Waals surface area contributed by atoms with E-state index in [0.29, 0.717) is 0 Å². The quantitative estimate of drug-likeness (QED) is 0.845. The Morgan fingerprint density at radius 2 is 1.95 bits per heavy atom. The monoisotopic (exact) mass is 286 g/mol. The average Bonchev–Trinajstić information content (AvgIpc) is 2.53. The molecule has 1 aromatic carbocycles. The first-order valence-electron chi connectivity index (χ1n) is 7.76. The second-order valence-electron chi connectivity index (χ2n) is 5.68. The molecule has 0 saturated carbocycles. The lowest BCUT2D eigenvalue weighted by atomic mass is 9.89. The van der Waals surface area contributed by atoms with Crippen LogP contribution >= 0.6 is 0 Å². The molecule has 0 radical (unpaired) electrons. The van der Waals surface area contributed by atoms with Gasteiger partial charge < -0.3 is 10.1 Å². The predicted molar refractivity (Wildman–Crippen MR) is 88.6 cm³/mol. The minimum Gasteiger partial charge on any atom is -0.377 e. The summed E-state index contributed by atoms with van der Waals surface area (Å²) < 4.78 is 5.77. The number of rotatable bonds is 7. The van der Waals surface area contributed by atoms with Gasteiger partial charge in [-0.25, -0.2) is 0 Å². The molecule has 0 bridgehead atoms. The largest absolute Gasteiger partial charge is 0.377 e. The molecular weight excluding hydrogens is 260 g/mol. The lowest BCUT2D eigenvalue weighted by molar-refractivity contribution is -0.0285. The summed E-state index contributed by atoms with van der Waals surface area (Å²) in [6.45, 7) is 7.40. The average molecular weight is 286 g/mol. The Balaban J connectivity index is 2.25. The number of fused-ring (bicyclic) bond motifs is 1. The highest BCUT2D eigenvalue weighted by atomic mass is 16.5. The fourth-order valence-electron chi connectivity index (χ4n) is 2.71. The van der Waals surface area contributed by atoms with Gasteiger partial charge >= 0.3 is 0 Å². The van der Waals surface area contributed by atoms with E-state index in [0.717, 1.165) is 30.6 Å². The number of nitrogens with zero attached hydrogens (tertiary/aromatic N) is 1. The van der Waals surface area contributed by atoms with Crippen LogP contribution < -0.4 is 5.32 Å². The van der Waals surface area contributed by atoms with Crippen molar-refractivity contribution < 1.29 is 4.74 Å². The van der Waals surface area contributed by atoms with Crippen LogP contribution in [0.5, 0.6) is 0 Å². The van der Waals surface area contributed by atoms with Crippen molar-refractivity contribution in [3.63, 3.8) is 0 Å². The van der Waals surface area contributed by atoms with Crippen LogP contribution in [0, 0.1) is 0 Å². The maximum atomic E-state index is 5.77.